The summed E-state index contributed by atoms with van der Waals surface area (Å²) in [5.74, 6) is 1.93. The molecule has 3 aromatic heterocycles. The second-order valence-corrected chi connectivity index (χ2v) is 18.2. The maximum Gasteiger partial charge on any atom is 0.0728 e. The van der Waals surface area contributed by atoms with Crippen molar-refractivity contribution in [1.29, 1.82) is 0 Å². The first-order valence-corrected chi connectivity index (χ1v) is 21.3. The zero-order chi connectivity index (χ0) is 36.4. The van der Waals surface area contributed by atoms with Gasteiger partial charge in [0.1, 0.15) is 0 Å². The fourth-order valence-corrected chi connectivity index (χ4v) is 14.3. The molecule has 2 heteroatoms. The molecule has 4 unspecified atom stereocenters. The van der Waals surface area contributed by atoms with Gasteiger partial charge in [-0.2, -0.15) is 0 Å². The Balaban J connectivity index is 1.11. The van der Waals surface area contributed by atoms with Gasteiger partial charge < -0.3 is 4.40 Å². The summed E-state index contributed by atoms with van der Waals surface area (Å²) in [5, 5.41) is 5.97. The molecule has 57 heavy (non-hydrogen) atoms. The largest absolute Gasteiger partial charge is 0.306 e. The van der Waals surface area contributed by atoms with Crippen LogP contribution in [0.1, 0.15) is 102 Å². The molecular formula is C55H36N2. The molecule has 0 spiro atoms. The van der Waals surface area contributed by atoms with Gasteiger partial charge >= 0.3 is 0 Å². The number of benzene rings is 6. The summed E-state index contributed by atoms with van der Waals surface area (Å²) in [6.07, 6.45) is 16.3. The summed E-state index contributed by atoms with van der Waals surface area (Å²) < 4.78 is 2.72. The number of hydrogen-bond donors (Lipinski definition) is 0. The van der Waals surface area contributed by atoms with E-state index in [9.17, 15) is 0 Å². The van der Waals surface area contributed by atoms with Crippen LogP contribution in [0.15, 0.2) is 134 Å². The summed E-state index contributed by atoms with van der Waals surface area (Å²) in [4.78, 5) is 5.63. The first-order chi connectivity index (χ1) is 28.3. The molecule has 0 fully saturated rings. The monoisotopic (exact) mass is 724 g/mol. The Bertz CT molecular complexity index is 3400. The summed E-state index contributed by atoms with van der Waals surface area (Å²) in [7, 11) is 0. The van der Waals surface area contributed by atoms with Crippen molar-refractivity contribution in [2.75, 3.05) is 0 Å². The Hall–Kier alpha value is -6.25. The van der Waals surface area contributed by atoms with Gasteiger partial charge in [-0.05, 0) is 133 Å². The predicted molar refractivity (Wildman–Crippen MR) is 229 cm³/mol. The van der Waals surface area contributed by atoms with Crippen LogP contribution < -0.4 is 0 Å². The molecule has 9 aromatic rings. The van der Waals surface area contributed by atoms with E-state index in [0.29, 0.717) is 11.8 Å². The van der Waals surface area contributed by atoms with Crippen LogP contribution in [0.25, 0.3) is 49.2 Å². The second kappa shape index (κ2) is 9.64. The van der Waals surface area contributed by atoms with Crippen molar-refractivity contribution in [2.24, 2.45) is 11.8 Å². The van der Waals surface area contributed by atoms with Gasteiger partial charge in [0, 0.05) is 45.2 Å². The molecule has 0 saturated carbocycles. The lowest BCUT2D eigenvalue weighted by Gasteiger charge is -2.49. The third-order valence-electron chi connectivity index (χ3n) is 16.1. The van der Waals surface area contributed by atoms with E-state index in [2.05, 4.69) is 138 Å². The van der Waals surface area contributed by atoms with E-state index in [1.165, 1.54) is 93.9 Å². The lowest BCUT2D eigenvalue weighted by Crippen LogP contribution is -2.39. The zero-order valence-corrected chi connectivity index (χ0v) is 31.4. The minimum Gasteiger partial charge on any atom is -0.306 e. The van der Waals surface area contributed by atoms with Crippen LogP contribution in [0, 0.1) is 11.8 Å². The molecule has 9 aliphatic carbocycles. The highest BCUT2D eigenvalue weighted by atomic mass is 14.9. The molecule has 0 radical (unpaired) electrons. The molecule has 4 bridgehead atoms. The highest BCUT2D eigenvalue weighted by Gasteiger charge is 2.51. The molecule has 9 aliphatic rings. The number of fused-ring (bicyclic) bond motifs is 8. The van der Waals surface area contributed by atoms with Gasteiger partial charge in [-0.3, -0.25) is 4.98 Å². The number of rotatable bonds is 0. The number of pyridine rings is 1. The molecule has 3 heterocycles. The molecule has 0 N–H and O–H groups in total. The topological polar surface area (TPSA) is 17.3 Å². The fraction of sp³-hybridized carbons (Fsp3) is 0.182. The van der Waals surface area contributed by atoms with Crippen LogP contribution in [-0.2, 0) is 25.7 Å². The van der Waals surface area contributed by atoms with Gasteiger partial charge in [0.25, 0.3) is 0 Å². The second-order valence-electron chi connectivity index (χ2n) is 18.2. The standard InChI is InChI=1S/C55H36N2/c1-3-14-31-29(12-1)45-30-13-2-4-15-32(30)46(31)40-25-42-41(24-39(40)45)50-37-22-20-27-10-9-11-28-21-23-38(48(37)44(27)28)51-52-43(57(42)55(50)51)26-56-54-49-35-18-7-5-16-33(35)47(53(52)54)34-17-6-8-19-36(34)49/h1-19,24-26,33,35,45-47,49H,20-23H2. The lowest BCUT2D eigenvalue weighted by atomic mass is 9.54. The molecule has 0 aliphatic heterocycles. The third kappa shape index (κ3) is 3.12. The number of hydrogen-bond acceptors (Lipinski definition) is 1. The zero-order valence-electron chi connectivity index (χ0n) is 31.4. The van der Waals surface area contributed by atoms with Crippen LogP contribution in [0.4, 0.5) is 0 Å². The molecule has 2 nitrogen and oxygen atoms in total. The van der Waals surface area contributed by atoms with Crippen molar-refractivity contribution >= 4 is 38.1 Å². The number of nitrogens with zero attached hydrogens (tertiary/aromatic N) is 2. The fourth-order valence-electron chi connectivity index (χ4n) is 14.3. The van der Waals surface area contributed by atoms with Crippen LogP contribution in [-0.4, -0.2) is 9.38 Å². The summed E-state index contributed by atoms with van der Waals surface area (Å²) in [6.45, 7) is 0. The Morgan fingerprint density at radius 2 is 1.07 bits per heavy atom. The van der Waals surface area contributed by atoms with E-state index in [4.69, 9.17) is 4.98 Å². The van der Waals surface area contributed by atoms with E-state index in [1.807, 2.05) is 0 Å². The quantitative estimate of drug-likeness (QED) is 0.152. The maximum atomic E-state index is 5.63. The lowest BCUT2D eigenvalue weighted by molar-refractivity contribution is 0.327. The van der Waals surface area contributed by atoms with Gasteiger partial charge in [0.2, 0.25) is 0 Å². The molecule has 18 rings (SSSR count). The summed E-state index contributed by atoms with van der Waals surface area (Å²) in [6, 6.07) is 40.4. The van der Waals surface area contributed by atoms with Gasteiger partial charge in [-0.15, -0.1) is 0 Å². The van der Waals surface area contributed by atoms with Crippen molar-refractivity contribution in [3.05, 3.63) is 212 Å². The normalized spacial score (nSPS) is 24.4. The van der Waals surface area contributed by atoms with Gasteiger partial charge in [-0.25, -0.2) is 0 Å². The molecule has 0 amide bonds. The van der Waals surface area contributed by atoms with E-state index >= 15 is 0 Å². The van der Waals surface area contributed by atoms with Crippen molar-refractivity contribution in [3.8, 4) is 11.1 Å². The molecule has 0 saturated heterocycles. The Labute approximate surface area is 330 Å². The smallest absolute Gasteiger partial charge is 0.0728 e. The Morgan fingerprint density at radius 3 is 1.74 bits per heavy atom. The first-order valence-electron chi connectivity index (χ1n) is 21.3. The van der Waals surface area contributed by atoms with E-state index in [1.54, 1.807) is 33.4 Å². The van der Waals surface area contributed by atoms with Crippen LogP contribution in [0.5, 0.6) is 0 Å². The highest BCUT2D eigenvalue weighted by Crippen LogP contribution is 2.63. The van der Waals surface area contributed by atoms with Crippen molar-refractivity contribution in [2.45, 2.75) is 49.4 Å². The summed E-state index contributed by atoms with van der Waals surface area (Å²) >= 11 is 0. The minimum atomic E-state index is 0.242. The highest BCUT2D eigenvalue weighted by molar-refractivity contribution is 6.28. The molecule has 6 aromatic carbocycles. The summed E-state index contributed by atoms with van der Waals surface area (Å²) in [5.41, 5.74) is 28.3. The van der Waals surface area contributed by atoms with Crippen LogP contribution in [0.2, 0.25) is 0 Å². The average molecular weight is 725 g/mol. The minimum absolute atomic E-state index is 0.242. The first kappa shape index (κ1) is 29.1. The van der Waals surface area contributed by atoms with Crippen molar-refractivity contribution < 1.29 is 0 Å². The van der Waals surface area contributed by atoms with E-state index in [0.717, 1.165) is 25.7 Å². The molecule has 266 valence electrons. The third-order valence-corrected chi connectivity index (χ3v) is 16.1. The van der Waals surface area contributed by atoms with Crippen molar-refractivity contribution in [1.82, 2.24) is 9.38 Å². The Kier molecular flexibility index (Phi) is 4.91. The van der Waals surface area contributed by atoms with Gasteiger partial charge in [0.15, 0.2) is 0 Å². The maximum absolute atomic E-state index is 5.63. The van der Waals surface area contributed by atoms with Crippen LogP contribution in [0.3, 0.4) is 0 Å². The number of aromatic nitrogens is 2. The number of allylic oxidation sites excluding steroid dienone is 4. The number of aryl methyl sites for hydroxylation is 4. The van der Waals surface area contributed by atoms with E-state index in [-0.39, 0.29) is 23.7 Å². The molecular weight excluding hydrogens is 689 g/mol. The van der Waals surface area contributed by atoms with Gasteiger partial charge in [0.05, 0.1) is 28.4 Å². The molecule has 4 atom stereocenters. The predicted octanol–water partition coefficient (Wildman–Crippen LogP) is 12.0. The van der Waals surface area contributed by atoms with E-state index < -0.39 is 0 Å². The van der Waals surface area contributed by atoms with Crippen LogP contribution >= 0.6 is 0 Å². The SMILES string of the molecule is C1=CC2C3c4ccccc4C(c4c3ncc3c4c4c5c6c(c7c8cc9c(cc8n3c74)C3c4ccccc4C9c4ccccc43)CCc3cccc(c3-6)CC5)C2C=C1. The Morgan fingerprint density at radius 1 is 0.491 bits per heavy atom. The average Bonchev–Trinajstić information content (AvgIpc) is 3.79. The van der Waals surface area contributed by atoms with Crippen molar-refractivity contribution in [3.63, 3.8) is 0 Å². The van der Waals surface area contributed by atoms with Gasteiger partial charge in [-0.1, -0.05) is 115 Å².